The number of nitrogens with zero attached hydrogens (tertiary/aromatic N) is 3. The van der Waals surface area contributed by atoms with Crippen molar-refractivity contribution in [3.05, 3.63) is 30.0 Å². The average Bonchev–Trinajstić information content (AvgIpc) is 2.87. The van der Waals surface area contributed by atoms with Crippen LogP contribution in [-0.4, -0.2) is 63.5 Å². The van der Waals surface area contributed by atoms with E-state index in [0.717, 1.165) is 11.8 Å². The second-order valence-corrected chi connectivity index (χ2v) is 6.81. The highest BCUT2D eigenvalue weighted by atomic mass is 16.5. The van der Waals surface area contributed by atoms with Crippen LogP contribution in [0.15, 0.2) is 28.8 Å². The van der Waals surface area contributed by atoms with Gasteiger partial charge in [0, 0.05) is 31.4 Å². The standard InChI is InChI=1S/C19H23N3O5/c1-13(23)22(12-19(25)26)14-5-4-9-21(10-8-14)18(24)11-16-15-6-2-3-7-17(15)27-20-16/h2-3,6-7,14H,4-5,8-12H2,1H3,(H,25,26)/t14-/m1/s1. The second-order valence-electron chi connectivity index (χ2n) is 6.81. The van der Waals surface area contributed by atoms with E-state index >= 15 is 0 Å². The number of benzene rings is 1. The number of aromatic nitrogens is 1. The molecule has 0 spiro atoms. The number of likely N-dealkylation sites (tertiary alicyclic amines) is 1. The lowest BCUT2D eigenvalue weighted by atomic mass is 10.1. The molecule has 1 N–H and O–H groups in total. The molecule has 0 bridgehead atoms. The van der Waals surface area contributed by atoms with Gasteiger partial charge in [-0.05, 0) is 31.4 Å². The van der Waals surface area contributed by atoms with E-state index in [0.29, 0.717) is 37.2 Å². The number of carboxylic acids is 1. The minimum atomic E-state index is -1.03. The number of carbonyl (C=O) groups is 3. The molecule has 1 aliphatic heterocycles. The topological polar surface area (TPSA) is 104 Å². The molecule has 1 aromatic carbocycles. The molecule has 27 heavy (non-hydrogen) atoms. The normalized spacial score (nSPS) is 17.5. The molecule has 8 heteroatoms. The molecule has 2 amide bonds. The summed E-state index contributed by atoms with van der Waals surface area (Å²) in [6.45, 7) is 2.15. The van der Waals surface area contributed by atoms with Gasteiger partial charge in [0.2, 0.25) is 11.8 Å². The van der Waals surface area contributed by atoms with Gasteiger partial charge in [-0.1, -0.05) is 17.3 Å². The number of fused-ring (bicyclic) bond motifs is 1. The molecule has 2 aromatic rings. The first kappa shape index (κ1) is 18.9. The predicted molar refractivity (Wildman–Crippen MR) is 97.0 cm³/mol. The molecule has 144 valence electrons. The van der Waals surface area contributed by atoms with Crippen molar-refractivity contribution in [2.75, 3.05) is 19.6 Å². The summed E-state index contributed by atoms with van der Waals surface area (Å²) < 4.78 is 5.25. The number of amides is 2. The Bertz CT molecular complexity index is 847. The van der Waals surface area contributed by atoms with Gasteiger partial charge >= 0.3 is 5.97 Å². The van der Waals surface area contributed by atoms with E-state index in [1.165, 1.54) is 11.8 Å². The van der Waals surface area contributed by atoms with Gasteiger partial charge < -0.3 is 19.4 Å². The Labute approximate surface area is 156 Å². The van der Waals surface area contributed by atoms with Crippen LogP contribution < -0.4 is 0 Å². The van der Waals surface area contributed by atoms with Crippen LogP contribution in [0.2, 0.25) is 0 Å². The largest absolute Gasteiger partial charge is 0.480 e. The summed E-state index contributed by atoms with van der Waals surface area (Å²) in [5.74, 6) is -1.32. The van der Waals surface area contributed by atoms with E-state index < -0.39 is 5.97 Å². The highest BCUT2D eigenvalue weighted by Crippen LogP contribution is 2.21. The summed E-state index contributed by atoms with van der Waals surface area (Å²) in [6, 6.07) is 7.26. The Kier molecular flexibility index (Phi) is 5.73. The average molecular weight is 373 g/mol. The first-order valence-corrected chi connectivity index (χ1v) is 9.05. The fourth-order valence-corrected chi connectivity index (χ4v) is 3.60. The van der Waals surface area contributed by atoms with Crippen LogP contribution in [0.3, 0.4) is 0 Å². The van der Waals surface area contributed by atoms with Crippen LogP contribution in [0.1, 0.15) is 31.9 Å². The smallest absolute Gasteiger partial charge is 0.323 e. The molecule has 0 saturated carbocycles. The molecule has 2 heterocycles. The van der Waals surface area contributed by atoms with Gasteiger partial charge in [0.05, 0.1) is 6.42 Å². The van der Waals surface area contributed by atoms with Crippen molar-refractivity contribution in [3.8, 4) is 0 Å². The van der Waals surface area contributed by atoms with Crippen molar-refractivity contribution < 1.29 is 24.0 Å². The van der Waals surface area contributed by atoms with Crippen LogP contribution in [-0.2, 0) is 20.8 Å². The molecule has 0 aliphatic carbocycles. The van der Waals surface area contributed by atoms with Crippen LogP contribution in [0.5, 0.6) is 0 Å². The summed E-state index contributed by atoms with van der Waals surface area (Å²) in [4.78, 5) is 38.7. The summed E-state index contributed by atoms with van der Waals surface area (Å²) in [5, 5.41) is 13.9. The number of rotatable bonds is 5. The highest BCUT2D eigenvalue weighted by Gasteiger charge is 2.28. The minimum Gasteiger partial charge on any atom is -0.480 e. The zero-order chi connectivity index (χ0) is 19.4. The zero-order valence-corrected chi connectivity index (χ0v) is 15.3. The lowest BCUT2D eigenvalue weighted by Crippen LogP contribution is -2.43. The number of hydrogen-bond donors (Lipinski definition) is 1. The van der Waals surface area contributed by atoms with Gasteiger partial charge in [-0.2, -0.15) is 0 Å². The maximum absolute atomic E-state index is 12.7. The van der Waals surface area contributed by atoms with Crippen LogP contribution in [0.4, 0.5) is 0 Å². The molecule has 0 unspecified atom stereocenters. The van der Waals surface area contributed by atoms with E-state index in [9.17, 15) is 14.4 Å². The van der Waals surface area contributed by atoms with Gasteiger partial charge in [-0.15, -0.1) is 0 Å². The van der Waals surface area contributed by atoms with Gasteiger partial charge in [-0.3, -0.25) is 14.4 Å². The van der Waals surface area contributed by atoms with Gasteiger partial charge in [-0.25, -0.2) is 0 Å². The summed E-state index contributed by atoms with van der Waals surface area (Å²) in [5.41, 5.74) is 1.27. The summed E-state index contributed by atoms with van der Waals surface area (Å²) in [7, 11) is 0. The molecule has 1 atom stereocenters. The van der Waals surface area contributed by atoms with E-state index in [1.54, 1.807) is 4.90 Å². The van der Waals surface area contributed by atoms with Crippen LogP contribution in [0, 0.1) is 0 Å². The Hall–Kier alpha value is -2.90. The number of para-hydroxylation sites is 1. The van der Waals surface area contributed by atoms with Crippen molar-refractivity contribution in [1.29, 1.82) is 0 Å². The van der Waals surface area contributed by atoms with Crippen molar-refractivity contribution >= 4 is 28.8 Å². The molecule has 8 nitrogen and oxygen atoms in total. The molecular weight excluding hydrogens is 350 g/mol. The molecule has 1 fully saturated rings. The SMILES string of the molecule is CC(=O)N(CC(=O)O)[C@@H]1CCCN(C(=O)Cc2noc3ccccc23)CC1. The zero-order valence-electron chi connectivity index (χ0n) is 15.3. The Morgan fingerprint density at radius 1 is 1.26 bits per heavy atom. The number of aliphatic carboxylic acids is 1. The molecule has 1 aromatic heterocycles. The fourth-order valence-electron chi connectivity index (χ4n) is 3.60. The van der Waals surface area contributed by atoms with Crippen LogP contribution in [0.25, 0.3) is 11.0 Å². The maximum atomic E-state index is 12.7. The predicted octanol–water partition coefficient (Wildman–Crippen LogP) is 1.68. The van der Waals surface area contributed by atoms with Crippen molar-refractivity contribution in [2.45, 2.75) is 38.6 Å². The third-order valence-corrected chi connectivity index (χ3v) is 4.97. The Morgan fingerprint density at radius 3 is 2.78 bits per heavy atom. The number of hydrogen-bond acceptors (Lipinski definition) is 5. The summed E-state index contributed by atoms with van der Waals surface area (Å²) in [6.07, 6.45) is 2.13. The van der Waals surface area contributed by atoms with Crippen molar-refractivity contribution in [3.63, 3.8) is 0 Å². The maximum Gasteiger partial charge on any atom is 0.323 e. The van der Waals surface area contributed by atoms with Crippen molar-refractivity contribution in [2.24, 2.45) is 0 Å². The Morgan fingerprint density at radius 2 is 2.04 bits per heavy atom. The third-order valence-electron chi connectivity index (χ3n) is 4.97. The van der Waals surface area contributed by atoms with Gasteiger partial charge in [0.15, 0.2) is 5.58 Å². The molecule has 1 aliphatic rings. The van der Waals surface area contributed by atoms with E-state index in [2.05, 4.69) is 5.16 Å². The van der Waals surface area contributed by atoms with Crippen molar-refractivity contribution in [1.82, 2.24) is 15.0 Å². The fraction of sp³-hybridized carbons (Fsp3) is 0.474. The molecule has 3 rings (SSSR count). The monoisotopic (exact) mass is 373 g/mol. The highest BCUT2D eigenvalue weighted by molar-refractivity contribution is 5.86. The molecule has 0 radical (unpaired) electrons. The van der Waals surface area contributed by atoms with Gasteiger partial charge in [0.1, 0.15) is 12.2 Å². The van der Waals surface area contributed by atoms with E-state index in [1.807, 2.05) is 24.3 Å². The van der Waals surface area contributed by atoms with Crippen LogP contribution >= 0.6 is 0 Å². The number of carbonyl (C=O) groups excluding carboxylic acids is 2. The minimum absolute atomic E-state index is 0.0395. The first-order chi connectivity index (χ1) is 13.0. The molecular formula is C19H23N3O5. The second kappa shape index (κ2) is 8.20. The number of carboxylic acid groups (broad SMARTS) is 1. The third kappa shape index (κ3) is 4.45. The first-order valence-electron chi connectivity index (χ1n) is 9.05. The molecule has 1 saturated heterocycles. The Balaban J connectivity index is 1.64. The van der Waals surface area contributed by atoms with E-state index in [4.69, 9.17) is 9.63 Å². The lowest BCUT2D eigenvalue weighted by molar-refractivity contribution is -0.145. The summed E-state index contributed by atoms with van der Waals surface area (Å²) >= 11 is 0. The van der Waals surface area contributed by atoms with E-state index in [-0.39, 0.29) is 30.8 Å². The lowest BCUT2D eigenvalue weighted by Gasteiger charge is -2.28. The quantitative estimate of drug-likeness (QED) is 0.855. The van der Waals surface area contributed by atoms with Gasteiger partial charge in [0.25, 0.3) is 0 Å².